The molecule has 1 aliphatic rings. The molecule has 0 radical (unpaired) electrons. The van der Waals surface area contributed by atoms with E-state index in [9.17, 15) is 4.79 Å². The van der Waals surface area contributed by atoms with E-state index in [0.29, 0.717) is 6.61 Å². The number of rotatable bonds is 5. The molecule has 0 bridgehead atoms. The lowest BCUT2D eigenvalue weighted by molar-refractivity contribution is -0.129. The number of carbonyl (C=O) groups excluding carboxylic acids is 1. The van der Waals surface area contributed by atoms with Gasteiger partial charge in [-0.05, 0) is 37.1 Å². The number of hydrogen-bond donors (Lipinski definition) is 0. The van der Waals surface area contributed by atoms with Gasteiger partial charge in [-0.1, -0.05) is 6.92 Å². The summed E-state index contributed by atoms with van der Waals surface area (Å²) in [7, 11) is 0. The smallest absolute Gasteiger partial charge is 0.219 e. The Kier molecular flexibility index (Phi) is 5.38. The van der Waals surface area contributed by atoms with Crippen LogP contribution < -0.4 is 9.64 Å². The van der Waals surface area contributed by atoms with E-state index in [1.807, 2.05) is 34.9 Å². The standard InChI is InChI=1S/C22H27N5O2/c1-4-17-14-24-27-15-19(29-5-2)12-20(22(17)27)18-6-7-21(23-13-18)26-10-8-25(9-11-26)16(3)28/h6-7,12-15H,4-5,8-11H2,1-3H3. The van der Waals surface area contributed by atoms with Crippen molar-refractivity contribution in [2.45, 2.75) is 27.2 Å². The van der Waals surface area contributed by atoms with Crippen molar-refractivity contribution in [1.29, 1.82) is 0 Å². The predicted molar refractivity (Wildman–Crippen MR) is 113 cm³/mol. The summed E-state index contributed by atoms with van der Waals surface area (Å²) < 4.78 is 7.64. The average Bonchev–Trinajstić information content (AvgIpc) is 3.17. The largest absolute Gasteiger partial charge is 0.492 e. The highest BCUT2D eigenvalue weighted by atomic mass is 16.5. The zero-order valence-corrected chi connectivity index (χ0v) is 17.3. The minimum Gasteiger partial charge on any atom is -0.492 e. The molecule has 0 aliphatic carbocycles. The second-order valence-corrected chi connectivity index (χ2v) is 7.24. The van der Waals surface area contributed by atoms with Crippen LogP contribution in [0.4, 0.5) is 5.82 Å². The Balaban J connectivity index is 1.64. The molecule has 0 spiro atoms. The van der Waals surface area contributed by atoms with Gasteiger partial charge >= 0.3 is 0 Å². The molecule has 4 heterocycles. The van der Waals surface area contributed by atoms with E-state index >= 15 is 0 Å². The molecule has 3 aromatic rings. The van der Waals surface area contributed by atoms with Gasteiger partial charge < -0.3 is 14.5 Å². The van der Waals surface area contributed by atoms with Crippen molar-refractivity contribution in [2.75, 3.05) is 37.7 Å². The lowest BCUT2D eigenvalue weighted by Gasteiger charge is -2.34. The lowest BCUT2D eigenvalue weighted by Crippen LogP contribution is -2.48. The first-order valence-corrected chi connectivity index (χ1v) is 10.2. The Morgan fingerprint density at radius 2 is 1.93 bits per heavy atom. The molecule has 1 amide bonds. The fourth-order valence-corrected chi connectivity index (χ4v) is 3.87. The van der Waals surface area contributed by atoms with E-state index in [-0.39, 0.29) is 5.91 Å². The van der Waals surface area contributed by atoms with E-state index < -0.39 is 0 Å². The molecule has 0 aromatic carbocycles. The number of nitrogens with zero attached hydrogens (tertiary/aromatic N) is 5. The Morgan fingerprint density at radius 1 is 1.14 bits per heavy atom. The van der Waals surface area contributed by atoms with Gasteiger partial charge in [-0.3, -0.25) is 4.79 Å². The maximum absolute atomic E-state index is 11.5. The van der Waals surface area contributed by atoms with Crippen LogP contribution in [0.3, 0.4) is 0 Å². The van der Waals surface area contributed by atoms with Gasteiger partial charge in [0.25, 0.3) is 0 Å². The van der Waals surface area contributed by atoms with Crippen molar-refractivity contribution in [2.24, 2.45) is 0 Å². The van der Waals surface area contributed by atoms with Crippen LogP contribution in [-0.2, 0) is 11.2 Å². The summed E-state index contributed by atoms with van der Waals surface area (Å²) in [6.45, 7) is 9.44. The number of aromatic nitrogens is 3. The molecule has 0 atom stereocenters. The molecule has 4 rings (SSSR count). The Hall–Kier alpha value is -3.09. The number of aryl methyl sites for hydroxylation is 1. The summed E-state index contributed by atoms with van der Waals surface area (Å²) in [6, 6.07) is 6.24. The van der Waals surface area contributed by atoms with E-state index in [1.165, 1.54) is 5.56 Å². The summed E-state index contributed by atoms with van der Waals surface area (Å²) in [5.41, 5.74) is 4.41. The average molecular weight is 393 g/mol. The van der Waals surface area contributed by atoms with Gasteiger partial charge in [0.1, 0.15) is 11.6 Å². The number of ether oxygens (including phenoxy) is 1. The number of carbonyl (C=O) groups is 1. The van der Waals surface area contributed by atoms with Crippen LogP contribution in [0.1, 0.15) is 26.3 Å². The number of piperazine rings is 1. The summed E-state index contributed by atoms with van der Waals surface area (Å²) in [4.78, 5) is 20.4. The van der Waals surface area contributed by atoms with Gasteiger partial charge in [0.15, 0.2) is 0 Å². The van der Waals surface area contributed by atoms with Crippen molar-refractivity contribution in [3.63, 3.8) is 0 Å². The molecule has 1 aliphatic heterocycles. The summed E-state index contributed by atoms with van der Waals surface area (Å²) in [5, 5.41) is 4.51. The van der Waals surface area contributed by atoms with Crippen molar-refractivity contribution in [3.05, 3.63) is 42.4 Å². The van der Waals surface area contributed by atoms with Gasteiger partial charge in [0.2, 0.25) is 5.91 Å². The SMILES string of the molecule is CCOc1cc(-c2ccc(N3CCN(C(C)=O)CC3)nc2)c2c(CC)cnn2c1. The predicted octanol–water partition coefficient (Wildman–Crippen LogP) is 3.03. The van der Waals surface area contributed by atoms with Crippen molar-refractivity contribution >= 4 is 17.2 Å². The lowest BCUT2D eigenvalue weighted by atomic mass is 10.0. The van der Waals surface area contributed by atoms with E-state index in [1.54, 1.807) is 6.92 Å². The quantitative estimate of drug-likeness (QED) is 0.667. The number of anilines is 1. The Labute approximate surface area is 170 Å². The molecule has 0 N–H and O–H groups in total. The fourth-order valence-electron chi connectivity index (χ4n) is 3.87. The second-order valence-electron chi connectivity index (χ2n) is 7.24. The minimum absolute atomic E-state index is 0.138. The fraction of sp³-hybridized carbons (Fsp3) is 0.409. The van der Waals surface area contributed by atoms with E-state index in [0.717, 1.165) is 60.8 Å². The van der Waals surface area contributed by atoms with Crippen LogP contribution >= 0.6 is 0 Å². The van der Waals surface area contributed by atoms with Crippen LogP contribution in [0.25, 0.3) is 16.6 Å². The number of fused-ring (bicyclic) bond motifs is 1. The first-order chi connectivity index (χ1) is 14.1. The Morgan fingerprint density at radius 3 is 2.55 bits per heavy atom. The van der Waals surface area contributed by atoms with E-state index in [2.05, 4.69) is 35.1 Å². The highest BCUT2D eigenvalue weighted by Crippen LogP contribution is 2.31. The summed E-state index contributed by atoms with van der Waals surface area (Å²) in [5.74, 6) is 1.88. The van der Waals surface area contributed by atoms with Crippen molar-refractivity contribution in [1.82, 2.24) is 19.5 Å². The van der Waals surface area contributed by atoms with Crippen LogP contribution in [0.15, 0.2) is 36.8 Å². The highest BCUT2D eigenvalue weighted by Gasteiger charge is 2.20. The third-order valence-corrected chi connectivity index (χ3v) is 5.46. The zero-order valence-electron chi connectivity index (χ0n) is 17.3. The molecule has 7 nitrogen and oxygen atoms in total. The van der Waals surface area contributed by atoms with E-state index in [4.69, 9.17) is 9.72 Å². The summed E-state index contributed by atoms with van der Waals surface area (Å²) in [6.07, 6.45) is 6.68. The maximum atomic E-state index is 11.5. The van der Waals surface area contributed by atoms with Crippen LogP contribution in [0.2, 0.25) is 0 Å². The first-order valence-electron chi connectivity index (χ1n) is 10.2. The molecule has 1 saturated heterocycles. The molecule has 29 heavy (non-hydrogen) atoms. The zero-order chi connectivity index (χ0) is 20.4. The van der Waals surface area contributed by atoms with Gasteiger partial charge in [-0.2, -0.15) is 5.10 Å². The molecule has 152 valence electrons. The Bertz CT molecular complexity index is 1000. The molecular formula is C22H27N5O2. The normalized spacial score (nSPS) is 14.4. The van der Waals surface area contributed by atoms with Gasteiger partial charge in [-0.25, -0.2) is 9.50 Å². The topological polar surface area (TPSA) is 63.0 Å². The van der Waals surface area contributed by atoms with Crippen LogP contribution in [-0.4, -0.2) is 58.2 Å². The molecule has 3 aromatic heterocycles. The third-order valence-electron chi connectivity index (χ3n) is 5.46. The number of hydrogen-bond acceptors (Lipinski definition) is 5. The van der Waals surface area contributed by atoms with Crippen LogP contribution in [0.5, 0.6) is 5.75 Å². The maximum Gasteiger partial charge on any atom is 0.219 e. The second kappa shape index (κ2) is 8.11. The summed E-state index contributed by atoms with van der Waals surface area (Å²) >= 11 is 0. The minimum atomic E-state index is 0.138. The molecule has 7 heteroatoms. The molecular weight excluding hydrogens is 366 g/mol. The highest BCUT2D eigenvalue weighted by molar-refractivity contribution is 5.83. The molecule has 1 fully saturated rings. The molecule has 0 saturated carbocycles. The van der Waals surface area contributed by atoms with Crippen molar-refractivity contribution < 1.29 is 9.53 Å². The van der Waals surface area contributed by atoms with Crippen molar-refractivity contribution in [3.8, 4) is 16.9 Å². The first kappa shape index (κ1) is 19.2. The van der Waals surface area contributed by atoms with Gasteiger partial charge in [-0.15, -0.1) is 0 Å². The van der Waals surface area contributed by atoms with Crippen LogP contribution in [0, 0.1) is 0 Å². The number of pyridine rings is 2. The number of amides is 1. The van der Waals surface area contributed by atoms with Gasteiger partial charge in [0, 0.05) is 50.4 Å². The monoisotopic (exact) mass is 393 g/mol. The van der Waals surface area contributed by atoms with Gasteiger partial charge in [0.05, 0.1) is 24.5 Å². The third kappa shape index (κ3) is 3.77. The molecule has 0 unspecified atom stereocenters.